The maximum atomic E-state index is 12.7. The van der Waals surface area contributed by atoms with Crippen LogP contribution in [0.2, 0.25) is 0 Å². The number of nitrogens with zero attached hydrogens (tertiary/aromatic N) is 1. The Balaban J connectivity index is 1.59. The van der Waals surface area contributed by atoms with Crippen molar-refractivity contribution in [2.24, 2.45) is 4.99 Å². The van der Waals surface area contributed by atoms with Gasteiger partial charge in [0, 0.05) is 35.1 Å². The highest BCUT2D eigenvalue weighted by Gasteiger charge is 2.28. The van der Waals surface area contributed by atoms with Crippen molar-refractivity contribution in [3.05, 3.63) is 58.7 Å². The molecule has 2 amide bonds. The molecule has 0 unspecified atom stereocenters. The summed E-state index contributed by atoms with van der Waals surface area (Å²) in [6.07, 6.45) is 2.23. The van der Waals surface area contributed by atoms with E-state index in [0.717, 1.165) is 41.9 Å². The van der Waals surface area contributed by atoms with Crippen molar-refractivity contribution in [1.82, 2.24) is 16.0 Å². The molecule has 31 heavy (non-hydrogen) atoms. The van der Waals surface area contributed by atoms with Crippen LogP contribution in [0.5, 0.6) is 0 Å². The SMILES string of the molecule is Cc1cc(C(=O)NC2=NCCN2)cc(C2CC2)c1Nc1cccc(C(=O)NC(C)C)c1. The van der Waals surface area contributed by atoms with Gasteiger partial charge in [0.15, 0.2) is 5.96 Å². The zero-order valence-electron chi connectivity index (χ0n) is 18.2. The predicted octanol–water partition coefficient (Wildman–Crippen LogP) is 3.44. The van der Waals surface area contributed by atoms with Crippen LogP contribution in [-0.2, 0) is 0 Å². The number of amides is 2. The molecule has 0 saturated heterocycles. The van der Waals surface area contributed by atoms with Gasteiger partial charge in [0.25, 0.3) is 11.8 Å². The first-order valence-corrected chi connectivity index (χ1v) is 10.8. The van der Waals surface area contributed by atoms with Gasteiger partial charge in [-0.25, -0.2) is 0 Å². The highest BCUT2D eigenvalue weighted by atomic mass is 16.2. The van der Waals surface area contributed by atoms with Crippen LogP contribution in [0.25, 0.3) is 0 Å². The van der Waals surface area contributed by atoms with Gasteiger partial charge in [-0.2, -0.15) is 0 Å². The summed E-state index contributed by atoms with van der Waals surface area (Å²) < 4.78 is 0. The van der Waals surface area contributed by atoms with Crippen LogP contribution in [0.1, 0.15) is 64.4 Å². The summed E-state index contributed by atoms with van der Waals surface area (Å²) in [6, 6.07) is 11.5. The molecule has 2 aromatic rings. The van der Waals surface area contributed by atoms with Crippen LogP contribution < -0.4 is 21.3 Å². The van der Waals surface area contributed by atoms with Crippen molar-refractivity contribution in [3.63, 3.8) is 0 Å². The van der Waals surface area contributed by atoms with E-state index in [1.807, 2.05) is 57.2 Å². The fourth-order valence-electron chi connectivity index (χ4n) is 3.72. The molecule has 2 aliphatic rings. The minimum Gasteiger partial charge on any atom is -0.355 e. The maximum absolute atomic E-state index is 12.7. The average molecular weight is 420 g/mol. The van der Waals surface area contributed by atoms with Crippen LogP contribution >= 0.6 is 0 Å². The lowest BCUT2D eigenvalue weighted by Gasteiger charge is -2.18. The highest BCUT2D eigenvalue weighted by Crippen LogP contribution is 2.45. The molecule has 7 heteroatoms. The molecule has 2 aromatic carbocycles. The number of anilines is 2. The molecule has 162 valence electrons. The first kappa shape index (κ1) is 20.9. The number of hydrogen-bond donors (Lipinski definition) is 4. The van der Waals surface area contributed by atoms with Crippen molar-refractivity contribution in [2.45, 2.75) is 45.6 Å². The maximum Gasteiger partial charge on any atom is 0.257 e. The van der Waals surface area contributed by atoms with E-state index in [4.69, 9.17) is 0 Å². The van der Waals surface area contributed by atoms with Crippen LogP contribution in [0.3, 0.4) is 0 Å². The Morgan fingerprint density at radius 1 is 1.10 bits per heavy atom. The van der Waals surface area contributed by atoms with E-state index in [1.165, 1.54) is 0 Å². The van der Waals surface area contributed by atoms with Crippen LogP contribution in [0.15, 0.2) is 41.4 Å². The number of benzene rings is 2. The van der Waals surface area contributed by atoms with Gasteiger partial charge in [-0.05, 0) is 81.0 Å². The number of carbonyl (C=O) groups excluding carboxylic acids is 2. The van der Waals surface area contributed by atoms with E-state index in [-0.39, 0.29) is 17.9 Å². The highest BCUT2D eigenvalue weighted by molar-refractivity contribution is 6.06. The van der Waals surface area contributed by atoms with E-state index < -0.39 is 0 Å². The Morgan fingerprint density at radius 3 is 2.58 bits per heavy atom. The molecule has 7 nitrogen and oxygen atoms in total. The smallest absolute Gasteiger partial charge is 0.257 e. The van der Waals surface area contributed by atoms with Crippen LogP contribution in [-0.4, -0.2) is 36.9 Å². The fourth-order valence-corrected chi connectivity index (χ4v) is 3.72. The Morgan fingerprint density at radius 2 is 1.90 bits per heavy atom. The zero-order valence-corrected chi connectivity index (χ0v) is 18.2. The Bertz CT molecular complexity index is 1040. The van der Waals surface area contributed by atoms with Crippen molar-refractivity contribution < 1.29 is 9.59 Å². The molecule has 0 radical (unpaired) electrons. The molecule has 0 aromatic heterocycles. The third kappa shape index (κ3) is 5.05. The molecular formula is C24H29N5O2. The molecule has 4 N–H and O–H groups in total. The first-order valence-electron chi connectivity index (χ1n) is 10.8. The summed E-state index contributed by atoms with van der Waals surface area (Å²) in [4.78, 5) is 29.3. The lowest BCUT2D eigenvalue weighted by molar-refractivity contribution is 0.0941. The second-order valence-electron chi connectivity index (χ2n) is 8.48. The van der Waals surface area contributed by atoms with Crippen molar-refractivity contribution in [1.29, 1.82) is 0 Å². The van der Waals surface area contributed by atoms with Crippen molar-refractivity contribution in [2.75, 3.05) is 18.4 Å². The van der Waals surface area contributed by atoms with E-state index >= 15 is 0 Å². The zero-order chi connectivity index (χ0) is 22.0. The molecule has 1 aliphatic heterocycles. The van der Waals surface area contributed by atoms with Gasteiger partial charge in [0.05, 0.1) is 6.54 Å². The third-order valence-electron chi connectivity index (χ3n) is 5.37. The number of carbonyl (C=O) groups is 2. The average Bonchev–Trinajstić information content (AvgIpc) is 3.45. The Labute approximate surface area is 182 Å². The predicted molar refractivity (Wildman–Crippen MR) is 123 cm³/mol. The van der Waals surface area contributed by atoms with Gasteiger partial charge in [0.1, 0.15) is 0 Å². The number of nitrogens with one attached hydrogen (secondary N) is 4. The molecule has 0 atom stereocenters. The molecule has 4 rings (SSSR count). The third-order valence-corrected chi connectivity index (χ3v) is 5.37. The number of guanidine groups is 1. The van der Waals surface area contributed by atoms with Crippen LogP contribution in [0.4, 0.5) is 11.4 Å². The quantitative estimate of drug-likeness (QED) is 0.577. The second-order valence-corrected chi connectivity index (χ2v) is 8.48. The molecular weight excluding hydrogens is 390 g/mol. The summed E-state index contributed by atoms with van der Waals surface area (Å²) in [6.45, 7) is 7.32. The van der Waals surface area contributed by atoms with Gasteiger partial charge >= 0.3 is 0 Å². The summed E-state index contributed by atoms with van der Waals surface area (Å²) in [7, 11) is 0. The fraction of sp³-hybridized carbons (Fsp3) is 0.375. The van der Waals surface area contributed by atoms with Gasteiger partial charge in [-0.15, -0.1) is 0 Å². The largest absolute Gasteiger partial charge is 0.355 e. The first-order chi connectivity index (χ1) is 14.9. The lowest BCUT2D eigenvalue weighted by Crippen LogP contribution is -2.38. The molecule has 0 spiro atoms. The van der Waals surface area contributed by atoms with Gasteiger partial charge in [0.2, 0.25) is 0 Å². The molecule has 1 saturated carbocycles. The van der Waals surface area contributed by atoms with E-state index in [1.54, 1.807) is 0 Å². The minimum absolute atomic E-state index is 0.0805. The minimum atomic E-state index is -0.156. The number of aryl methyl sites for hydroxylation is 1. The van der Waals surface area contributed by atoms with E-state index in [9.17, 15) is 9.59 Å². The van der Waals surface area contributed by atoms with E-state index in [0.29, 0.717) is 29.5 Å². The molecule has 1 aliphatic carbocycles. The molecule has 1 fully saturated rings. The van der Waals surface area contributed by atoms with Crippen molar-refractivity contribution >= 4 is 29.1 Å². The van der Waals surface area contributed by atoms with Crippen molar-refractivity contribution in [3.8, 4) is 0 Å². The summed E-state index contributed by atoms with van der Waals surface area (Å²) in [5.41, 5.74) is 5.24. The Kier molecular flexibility index (Phi) is 5.93. The normalized spacial score (nSPS) is 15.3. The number of hydrogen-bond acceptors (Lipinski definition) is 5. The standard InChI is InChI=1S/C24H29N5O2/c1-14(2)27-22(30)17-5-4-6-19(12-17)28-21-15(3)11-18(13-20(21)16-7-8-16)23(31)29-24-25-9-10-26-24/h4-6,11-14,16,28H,7-10H2,1-3H3,(H,27,30)(H2,25,26,29,31). The summed E-state index contributed by atoms with van der Waals surface area (Å²) in [5, 5.41) is 12.3. The van der Waals surface area contributed by atoms with Gasteiger partial charge < -0.3 is 16.0 Å². The van der Waals surface area contributed by atoms with Crippen LogP contribution in [0, 0.1) is 6.92 Å². The number of aliphatic imine (C=N–C) groups is 1. The molecule has 0 bridgehead atoms. The Hall–Kier alpha value is -3.35. The van der Waals surface area contributed by atoms with E-state index in [2.05, 4.69) is 26.3 Å². The topological polar surface area (TPSA) is 94.6 Å². The monoisotopic (exact) mass is 419 g/mol. The van der Waals surface area contributed by atoms with Gasteiger partial charge in [-0.1, -0.05) is 6.07 Å². The molecule has 1 heterocycles. The lowest BCUT2D eigenvalue weighted by atomic mass is 9.99. The van der Waals surface area contributed by atoms with Gasteiger partial charge in [-0.3, -0.25) is 19.9 Å². The number of rotatable bonds is 6. The summed E-state index contributed by atoms with van der Waals surface area (Å²) in [5.74, 6) is 0.739. The second kappa shape index (κ2) is 8.79. The summed E-state index contributed by atoms with van der Waals surface area (Å²) >= 11 is 0.